The molecule has 2 aromatic heterocycles. The Morgan fingerprint density at radius 2 is 1.93 bits per heavy atom. The van der Waals surface area contributed by atoms with Gasteiger partial charge in [-0.1, -0.05) is 18.2 Å². The molecule has 1 saturated heterocycles. The van der Waals surface area contributed by atoms with Crippen LogP contribution in [-0.2, 0) is 11.3 Å². The van der Waals surface area contributed by atoms with Crippen molar-refractivity contribution in [2.24, 2.45) is 5.92 Å². The number of carbonyl (C=O) groups is 1. The monoisotopic (exact) mass is 391 g/mol. The molecule has 1 N–H and O–H groups in total. The average molecular weight is 392 g/mol. The van der Waals surface area contributed by atoms with Gasteiger partial charge in [0.1, 0.15) is 5.82 Å². The molecule has 1 unspecified atom stereocenters. The van der Waals surface area contributed by atoms with Gasteiger partial charge in [-0.3, -0.25) is 9.69 Å². The predicted octanol–water partition coefficient (Wildman–Crippen LogP) is 3.40. The van der Waals surface area contributed by atoms with Crippen LogP contribution in [0.4, 0.5) is 0 Å². The van der Waals surface area contributed by atoms with Crippen LogP contribution >= 0.6 is 0 Å². The van der Waals surface area contributed by atoms with Gasteiger partial charge < -0.3 is 9.88 Å². The molecule has 3 aromatic rings. The number of piperidine rings is 1. The van der Waals surface area contributed by atoms with E-state index in [1.54, 1.807) is 0 Å². The van der Waals surface area contributed by atoms with E-state index in [-0.39, 0.29) is 17.9 Å². The molecule has 6 nitrogen and oxygen atoms in total. The normalized spacial score (nSPS) is 17.6. The molecule has 1 aromatic carbocycles. The van der Waals surface area contributed by atoms with Crippen LogP contribution in [0, 0.1) is 5.92 Å². The number of amides is 1. The van der Waals surface area contributed by atoms with Gasteiger partial charge in [0.2, 0.25) is 5.91 Å². The van der Waals surface area contributed by atoms with Crippen molar-refractivity contribution in [1.29, 1.82) is 0 Å². The number of carbonyl (C=O) groups excluding carboxylic acids is 1. The molecule has 0 spiro atoms. The van der Waals surface area contributed by atoms with Crippen LogP contribution in [0.25, 0.3) is 11.5 Å². The minimum Gasteiger partial charge on any atom is -0.354 e. The van der Waals surface area contributed by atoms with Gasteiger partial charge in [-0.2, -0.15) is 5.10 Å². The first-order valence-electron chi connectivity index (χ1n) is 10.4. The van der Waals surface area contributed by atoms with E-state index in [0.717, 1.165) is 49.5 Å². The van der Waals surface area contributed by atoms with E-state index in [0.29, 0.717) is 0 Å². The number of nitrogens with zero attached hydrogens (tertiary/aromatic N) is 4. The maximum Gasteiger partial charge on any atom is 0.224 e. The van der Waals surface area contributed by atoms with Crippen LogP contribution in [0.1, 0.15) is 32.3 Å². The summed E-state index contributed by atoms with van der Waals surface area (Å²) in [6.07, 6.45) is 8.06. The van der Waals surface area contributed by atoms with Gasteiger partial charge in [0.15, 0.2) is 0 Å². The molecule has 4 rings (SSSR count). The van der Waals surface area contributed by atoms with Crippen molar-refractivity contribution in [3.8, 4) is 11.5 Å². The molecule has 0 aliphatic carbocycles. The molecule has 1 aliphatic heterocycles. The van der Waals surface area contributed by atoms with E-state index in [4.69, 9.17) is 5.10 Å². The Kier molecular flexibility index (Phi) is 5.81. The summed E-state index contributed by atoms with van der Waals surface area (Å²) in [4.78, 5) is 14.9. The minimum atomic E-state index is 0.0605. The van der Waals surface area contributed by atoms with Gasteiger partial charge in [0, 0.05) is 37.1 Å². The lowest BCUT2D eigenvalue weighted by Crippen LogP contribution is -2.44. The molecule has 1 amide bonds. The first-order chi connectivity index (χ1) is 14.1. The largest absolute Gasteiger partial charge is 0.354 e. The molecule has 29 heavy (non-hydrogen) atoms. The van der Waals surface area contributed by atoms with Crippen LogP contribution in [0.3, 0.4) is 0 Å². The molecule has 1 fully saturated rings. The predicted molar refractivity (Wildman–Crippen MR) is 114 cm³/mol. The second-order valence-corrected chi connectivity index (χ2v) is 8.07. The number of aromatic nitrogens is 3. The number of hydrogen-bond donors (Lipinski definition) is 1. The number of nitrogens with one attached hydrogen (secondary N) is 1. The van der Waals surface area contributed by atoms with E-state index in [1.807, 2.05) is 55.1 Å². The Bertz CT molecular complexity index is 930. The van der Waals surface area contributed by atoms with Crippen molar-refractivity contribution < 1.29 is 4.79 Å². The van der Waals surface area contributed by atoms with E-state index >= 15 is 0 Å². The Hall–Kier alpha value is -2.86. The second kappa shape index (κ2) is 8.66. The van der Waals surface area contributed by atoms with Crippen LogP contribution < -0.4 is 5.32 Å². The SMILES string of the molecule is CC(C)NC(=O)C1CCCN(Cc2cnn(-c3ccccc3)c2-n2cccc2)C1. The van der Waals surface area contributed by atoms with Gasteiger partial charge in [-0.25, -0.2) is 4.68 Å². The van der Waals surface area contributed by atoms with Gasteiger partial charge in [0.05, 0.1) is 17.8 Å². The smallest absolute Gasteiger partial charge is 0.224 e. The molecule has 6 heteroatoms. The quantitative estimate of drug-likeness (QED) is 0.701. The number of likely N-dealkylation sites (tertiary alicyclic amines) is 1. The van der Waals surface area contributed by atoms with E-state index in [2.05, 4.69) is 39.3 Å². The van der Waals surface area contributed by atoms with Gasteiger partial charge in [-0.05, 0) is 57.5 Å². The van der Waals surface area contributed by atoms with Crippen LogP contribution in [0.2, 0.25) is 0 Å². The average Bonchev–Trinajstić information content (AvgIpc) is 3.38. The van der Waals surface area contributed by atoms with E-state index in [9.17, 15) is 4.79 Å². The second-order valence-electron chi connectivity index (χ2n) is 8.07. The molecule has 0 saturated carbocycles. The minimum absolute atomic E-state index is 0.0605. The number of para-hydroxylation sites is 1. The lowest BCUT2D eigenvalue weighted by Gasteiger charge is -2.32. The third-order valence-corrected chi connectivity index (χ3v) is 5.37. The van der Waals surface area contributed by atoms with E-state index in [1.165, 1.54) is 0 Å². The van der Waals surface area contributed by atoms with Crippen molar-refractivity contribution >= 4 is 5.91 Å². The highest BCUT2D eigenvalue weighted by Crippen LogP contribution is 2.24. The van der Waals surface area contributed by atoms with Crippen LogP contribution in [-0.4, -0.2) is 44.3 Å². The topological polar surface area (TPSA) is 55.1 Å². The zero-order valence-electron chi connectivity index (χ0n) is 17.2. The lowest BCUT2D eigenvalue weighted by atomic mass is 9.96. The fourth-order valence-electron chi connectivity index (χ4n) is 4.05. The number of rotatable bonds is 6. The van der Waals surface area contributed by atoms with Crippen molar-refractivity contribution in [3.63, 3.8) is 0 Å². The van der Waals surface area contributed by atoms with Crippen LogP contribution in [0.5, 0.6) is 0 Å². The summed E-state index contributed by atoms with van der Waals surface area (Å²) in [5.74, 6) is 1.29. The molecular weight excluding hydrogens is 362 g/mol. The Balaban J connectivity index is 1.58. The molecule has 0 radical (unpaired) electrons. The summed E-state index contributed by atoms with van der Waals surface area (Å²) in [5.41, 5.74) is 2.20. The fourth-order valence-corrected chi connectivity index (χ4v) is 4.05. The molecule has 3 heterocycles. The van der Waals surface area contributed by atoms with Gasteiger partial charge in [0.25, 0.3) is 0 Å². The molecular formula is C23H29N5O. The molecule has 152 valence electrons. The first kappa shape index (κ1) is 19.5. The van der Waals surface area contributed by atoms with Gasteiger partial charge in [-0.15, -0.1) is 0 Å². The summed E-state index contributed by atoms with van der Waals surface area (Å²) in [6.45, 7) is 6.61. The Morgan fingerprint density at radius 3 is 2.66 bits per heavy atom. The Morgan fingerprint density at radius 1 is 1.17 bits per heavy atom. The lowest BCUT2D eigenvalue weighted by molar-refractivity contribution is -0.127. The number of hydrogen-bond acceptors (Lipinski definition) is 3. The highest BCUT2D eigenvalue weighted by atomic mass is 16.2. The van der Waals surface area contributed by atoms with Crippen molar-refractivity contribution in [2.45, 2.75) is 39.3 Å². The van der Waals surface area contributed by atoms with Crippen molar-refractivity contribution in [3.05, 3.63) is 66.6 Å². The third-order valence-electron chi connectivity index (χ3n) is 5.37. The standard InChI is InChI=1S/C23H29N5O/c1-18(2)25-22(29)19-9-8-12-26(16-19)17-20-15-24-28(21-10-4-3-5-11-21)23(20)27-13-6-7-14-27/h3-7,10-11,13-15,18-19H,8-9,12,16-17H2,1-2H3,(H,25,29). The molecule has 1 atom stereocenters. The van der Waals surface area contributed by atoms with Crippen molar-refractivity contribution in [1.82, 2.24) is 24.6 Å². The summed E-state index contributed by atoms with van der Waals surface area (Å²) >= 11 is 0. The maximum atomic E-state index is 12.5. The summed E-state index contributed by atoms with van der Waals surface area (Å²) in [5, 5.41) is 7.76. The summed E-state index contributed by atoms with van der Waals surface area (Å²) in [6, 6.07) is 14.4. The zero-order valence-corrected chi connectivity index (χ0v) is 17.2. The van der Waals surface area contributed by atoms with Crippen LogP contribution in [0.15, 0.2) is 61.1 Å². The molecule has 1 aliphatic rings. The van der Waals surface area contributed by atoms with Gasteiger partial charge >= 0.3 is 0 Å². The maximum absolute atomic E-state index is 12.5. The first-order valence-corrected chi connectivity index (χ1v) is 10.4. The number of benzene rings is 1. The van der Waals surface area contributed by atoms with E-state index < -0.39 is 0 Å². The van der Waals surface area contributed by atoms with Crippen molar-refractivity contribution in [2.75, 3.05) is 13.1 Å². The zero-order chi connectivity index (χ0) is 20.2. The molecule has 0 bridgehead atoms. The fraction of sp³-hybridized carbons (Fsp3) is 0.391. The summed E-state index contributed by atoms with van der Waals surface area (Å²) in [7, 11) is 0. The third kappa shape index (κ3) is 4.43. The summed E-state index contributed by atoms with van der Waals surface area (Å²) < 4.78 is 4.10. The Labute approximate surface area is 172 Å². The highest BCUT2D eigenvalue weighted by Gasteiger charge is 2.27. The highest BCUT2D eigenvalue weighted by molar-refractivity contribution is 5.79.